The Hall–Kier alpha value is -3.08. The minimum Gasteiger partial charge on any atom is -0.467 e. The number of aromatic nitrogens is 3. The van der Waals surface area contributed by atoms with E-state index in [1.165, 1.54) is 5.56 Å². The second-order valence-electron chi connectivity index (χ2n) is 5.82. The van der Waals surface area contributed by atoms with E-state index in [1.54, 1.807) is 11.1 Å². The first kappa shape index (κ1) is 14.5. The van der Waals surface area contributed by atoms with Gasteiger partial charge in [-0.1, -0.05) is 29.8 Å². The summed E-state index contributed by atoms with van der Waals surface area (Å²) in [6.45, 7) is 3.30. The first-order valence-corrected chi connectivity index (χ1v) is 7.92. The van der Waals surface area contributed by atoms with Crippen LogP contribution in [0.2, 0.25) is 0 Å². The summed E-state index contributed by atoms with van der Waals surface area (Å²) in [6, 6.07) is 20.2. The molecule has 0 amide bonds. The Morgan fingerprint density at radius 3 is 2.25 bits per heavy atom. The lowest BCUT2D eigenvalue weighted by atomic mass is 10.2. The van der Waals surface area contributed by atoms with Crippen molar-refractivity contribution in [3.05, 3.63) is 78.3 Å². The van der Waals surface area contributed by atoms with Crippen molar-refractivity contribution in [3.8, 4) is 0 Å². The number of hydrogen-bond donors (Lipinski definition) is 0. The molecule has 2 aromatic carbocycles. The van der Waals surface area contributed by atoms with Gasteiger partial charge in [-0.25, -0.2) is 0 Å². The summed E-state index contributed by atoms with van der Waals surface area (Å²) < 4.78 is 5.51. The largest absolute Gasteiger partial charge is 0.467 e. The molecule has 0 unspecified atom stereocenters. The van der Waals surface area contributed by atoms with Crippen LogP contribution in [0.5, 0.6) is 0 Å². The van der Waals surface area contributed by atoms with Crippen molar-refractivity contribution in [2.45, 2.75) is 20.1 Å². The topological polar surface area (TPSA) is 47.1 Å². The lowest BCUT2D eigenvalue weighted by molar-refractivity contribution is 0.465. The van der Waals surface area contributed by atoms with Crippen molar-refractivity contribution < 1.29 is 4.42 Å². The van der Waals surface area contributed by atoms with Gasteiger partial charge >= 0.3 is 0 Å². The second kappa shape index (κ2) is 6.20. The average Bonchev–Trinajstić information content (AvgIpc) is 3.24. The van der Waals surface area contributed by atoms with Gasteiger partial charge in [-0.05, 0) is 43.3 Å². The fraction of sp³-hybridized carbons (Fsp3) is 0.158. The molecule has 0 radical (unpaired) electrons. The van der Waals surface area contributed by atoms with Crippen molar-refractivity contribution in [3.63, 3.8) is 0 Å². The van der Waals surface area contributed by atoms with E-state index in [-0.39, 0.29) is 0 Å². The molecule has 0 N–H and O–H groups in total. The molecule has 0 aliphatic rings. The monoisotopic (exact) mass is 318 g/mol. The van der Waals surface area contributed by atoms with E-state index in [2.05, 4.69) is 46.3 Å². The molecule has 0 saturated carbocycles. The van der Waals surface area contributed by atoms with Crippen molar-refractivity contribution in [1.82, 2.24) is 15.0 Å². The van der Waals surface area contributed by atoms with Crippen LogP contribution < -0.4 is 4.90 Å². The smallest absolute Gasteiger partial charge is 0.132 e. The normalized spacial score (nSPS) is 11.0. The van der Waals surface area contributed by atoms with Gasteiger partial charge in [0.2, 0.25) is 0 Å². The second-order valence-corrected chi connectivity index (χ2v) is 5.82. The van der Waals surface area contributed by atoms with Gasteiger partial charge in [0.15, 0.2) is 0 Å². The quantitative estimate of drug-likeness (QED) is 0.558. The molecule has 0 spiro atoms. The van der Waals surface area contributed by atoms with Crippen LogP contribution in [0.25, 0.3) is 11.0 Å². The zero-order valence-electron chi connectivity index (χ0n) is 13.5. The van der Waals surface area contributed by atoms with Crippen LogP contribution in [0.3, 0.4) is 0 Å². The molecule has 0 bridgehead atoms. The van der Waals surface area contributed by atoms with Gasteiger partial charge in [0.05, 0.1) is 12.8 Å². The van der Waals surface area contributed by atoms with E-state index in [0.717, 1.165) is 22.5 Å². The Bertz CT molecular complexity index is 893. The van der Waals surface area contributed by atoms with Gasteiger partial charge in [-0.3, -0.25) is 0 Å². The summed E-state index contributed by atoms with van der Waals surface area (Å²) >= 11 is 0. The zero-order chi connectivity index (χ0) is 16.4. The maximum atomic E-state index is 5.51. The highest BCUT2D eigenvalue weighted by atomic mass is 16.3. The molecule has 0 aliphatic heterocycles. The lowest BCUT2D eigenvalue weighted by Crippen LogP contribution is -2.26. The zero-order valence-corrected chi connectivity index (χ0v) is 13.5. The maximum Gasteiger partial charge on any atom is 0.132 e. The van der Waals surface area contributed by atoms with Gasteiger partial charge in [-0.2, -0.15) is 15.0 Å². The summed E-state index contributed by atoms with van der Waals surface area (Å²) in [6.07, 6.45) is 1.70. The van der Waals surface area contributed by atoms with Gasteiger partial charge in [0, 0.05) is 5.69 Å². The minimum absolute atomic E-state index is 0.554. The molecule has 5 heteroatoms. The molecule has 0 aliphatic carbocycles. The van der Waals surface area contributed by atoms with Crippen LogP contribution in [0.15, 0.2) is 71.3 Å². The molecule has 5 nitrogen and oxygen atoms in total. The molecule has 4 rings (SSSR count). The first-order chi connectivity index (χ1) is 11.8. The minimum atomic E-state index is 0.554. The molecule has 2 aromatic heterocycles. The summed E-state index contributed by atoms with van der Waals surface area (Å²) in [5.41, 5.74) is 4.15. The van der Waals surface area contributed by atoms with Crippen LogP contribution >= 0.6 is 0 Å². The fourth-order valence-electron chi connectivity index (χ4n) is 2.69. The van der Waals surface area contributed by atoms with Gasteiger partial charge < -0.3 is 9.32 Å². The van der Waals surface area contributed by atoms with E-state index in [9.17, 15) is 0 Å². The number of furan rings is 1. The Balaban J connectivity index is 1.64. The molecule has 0 saturated heterocycles. The number of nitrogens with zero attached hydrogens (tertiary/aromatic N) is 4. The lowest BCUT2D eigenvalue weighted by Gasteiger charge is -2.23. The van der Waals surface area contributed by atoms with Crippen molar-refractivity contribution >= 4 is 16.7 Å². The first-order valence-electron chi connectivity index (χ1n) is 7.92. The van der Waals surface area contributed by atoms with Gasteiger partial charge in [-0.15, -0.1) is 0 Å². The molecule has 120 valence electrons. The van der Waals surface area contributed by atoms with E-state index >= 15 is 0 Å². The van der Waals surface area contributed by atoms with Crippen LogP contribution in [-0.2, 0) is 13.2 Å². The maximum absolute atomic E-state index is 5.51. The Morgan fingerprint density at radius 1 is 0.917 bits per heavy atom. The highest BCUT2D eigenvalue weighted by Gasteiger charge is 2.12. The third kappa shape index (κ3) is 3.01. The summed E-state index contributed by atoms with van der Waals surface area (Å²) in [7, 11) is 0. The van der Waals surface area contributed by atoms with E-state index in [4.69, 9.17) is 4.42 Å². The molecule has 0 atom stereocenters. The van der Waals surface area contributed by atoms with Crippen LogP contribution in [0.1, 0.15) is 11.3 Å². The third-order valence-corrected chi connectivity index (χ3v) is 3.95. The highest BCUT2D eigenvalue weighted by molar-refractivity contribution is 5.73. The summed E-state index contributed by atoms with van der Waals surface area (Å²) in [5, 5.41) is 9.12. The number of anilines is 1. The van der Waals surface area contributed by atoms with Crippen molar-refractivity contribution in [1.29, 1.82) is 0 Å². The number of hydrogen-bond acceptors (Lipinski definition) is 4. The molecule has 24 heavy (non-hydrogen) atoms. The van der Waals surface area contributed by atoms with Crippen LogP contribution in [-0.4, -0.2) is 15.0 Å². The van der Waals surface area contributed by atoms with E-state index in [0.29, 0.717) is 13.2 Å². The van der Waals surface area contributed by atoms with Crippen molar-refractivity contribution in [2.75, 3.05) is 4.90 Å². The summed E-state index contributed by atoms with van der Waals surface area (Å²) in [5.74, 6) is 0.910. The Morgan fingerprint density at radius 2 is 1.62 bits per heavy atom. The van der Waals surface area contributed by atoms with E-state index in [1.807, 2.05) is 36.4 Å². The Labute approximate surface area is 140 Å². The van der Waals surface area contributed by atoms with Crippen LogP contribution in [0, 0.1) is 6.92 Å². The van der Waals surface area contributed by atoms with Gasteiger partial charge in [0.25, 0.3) is 0 Å². The average molecular weight is 318 g/mol. The Kier molecular flexibility index (Phi) is 3.75. The highest BCUT2D eigenvalue weighted by Crippen LogP contribution is 2.19. The predicted octanol–water partition coefficient (Wildman–Crippen LogP) is 4.00. The van der Waals surface area contributed by atoms with E-state index < -0.39 is 0 Å². The van der Waals surface area contributed by atoms with Crippen LogP contribution in [0.4, 0.5) is 5.69 Å². The number of benzene rings is 2. The molecular weight excluding hydrogens is 300 g/mol. The van der Waals surface area contributed by atoms with Gasteiger partial charge in [0.1, 0.15) is 23.5 Å². The fourth-order valence-corrected chi connectivity index (χ4v) is 2.69. The SMILES string of the molecule is Cc1ccc(N(Cc2ccco2)Cn2nc3ccccc3n2)cc1. The third-order valence-electron chi connectivity index (χ3n) is 3.95. The summed E-state index contributed by atoms with van der Waals surface area (Å²) in [4.78, 5) is 3.92. The standard InChI is InChI=1S/C19H18N4O/c1-15-8-10-16(11-9-15)22(13-17-5-4-12-24-17)14-23-20-18-6-2-3-7-19(18)21-23/h2-12H,13-14H2,1H3. The van der Waals surface area contributed by atoms with Crippen molar-refractivity contribution in [2.24, 2.45) is 0 Å². The number of rotatable bonds is 5. The molecular formula is C19H18N4O. The molecule has 4 aromatic rings. The molecule has 0 fully saturated rings. The number of aryl methyl sites for hydroxylation is 1. The predicted molar refractivity (Wildman–Crippen MR) is 93.6 cm³/mol. The molecule has 2 heterocycles. The number of fused-ring (bicyclic) bond motifs is 1.